The SMILES string of the molecule is Cc1cccc2cc(Cn3nc(C(F)F)c4c(N)ncnc43)n(-c3ccccc3)c(=O)c12. The smallest absolute Gasteiger partial charge is 0.282 e. The molecule has 5 rings (SSSR count). The molecule has 0 fully saturated rings. The van der Waals surface area contributed by atoms with E-state index in [1.165, 1.54) is 11.0 Å². The van der Waals surface area contributed by atoms with E-state index in [9.17, 15) is 13.6 Å². The molecule has 3 aromatic heterocycles. The minimum atomic E-state index is -2.84. The Morgan fingerprint density at radius 1 is 1.03 bits per heavy atom. The van der Waals surface area contributed by atoms with Crippen LogP contribution in [0.2, 0.25) is 0 Å². The first kappa shape index (κ1) is 19.8. The van der Waals surface area contributed by atoms with Crippen LogP contribution in [0.15, 0.2) is 65.7 Å². The number of hydrogen-bond acceptors (Lipinski definition) is 5. The number of benzene rings is 2. The second-order valence-electron chi connectivity index (χ2n) is 7.45. The van der Waals surface area contributed by atoms with Crippen LogP contribution in [0, 0.1) is 6.92 Å². The average Bonchev–Trinajstić information content (AvgIpc) is 3.14. The van der Waals surface area contributed by atoms with Crippen LogP contribution in [0.5, 0.6) is 0 Å². The first-order chi connectivity index (χ1) is 15.5. The molecular formula is C23H18F2N6O. The van der Waals surface area contributed by atoms with E-state index >= 15 is 0 Å². The highest BCUT2D eigenvalue weighted by Gasteiger charge is 2.23. The van der Waals surface area contributed by atoms with Gasteiger partial charge in [0.2, 0.25) is 0 Å². The third kappa shape index (κ3) is 3.09. The molecule has 0 unspecified atom stereocenters. The van der Waals surface area contributed by atoms with Crippen LogP contribution in [0.3, 0.4) is 0 Å². The maximum atomic E-state index is 13.6. The molecule has 0 aliphatic rings. The number of nitrogens with two attached hydrogens (primary N) is 1. The number of aryl methyl sites for hydroxylation is 1. The zero-order valence-corrected chi connectivity index (χ0v) is 17.0. The summed E-state index contributed by atoms with van der Waals surface area (Å²) in [6.45, 7) is 1.92. The highest BCUT2D eigenvalue weighted by Crippen LogP contribution is 2.29. The Hall–Kier alpha value is -4.14. The van der Waals surface area contributed by atoms with Gasteiger partial charge >= 0.3 is 0 Å². The van der Waals surface area contributed by atoms with Crippen molar-refractivity contribution in [1.82, 2.24) is 24.3 Å². The second-order valence-corrected chi connectivity index (χ2v) is 7.45. The molecule has 160 valence electrons. The monoisotopic (exact) mass is 432 g/mol. The second kappa shape index (κ2) is 7.52. The van der Waals surface area contributed by atoms with Gasteiger partial charge in [0.25, 0.3) is 12.0 Å². The fraction of sp³-hybridized carbons (Fsp3) is 0.130. The van der Waals surface area contributed by atoms with Crippen LogP contribution in [-0.2, 0) is 6.54 Å². The molecule has 0 aliphatic heterocycles. The van der Waals surface area contributed by atoms with Crippen molar-refractivity contribution in [3.8, 4) is 5.69 Å². The fourth-order valence-corrected chi connectivity index (χ4v) is 4.04. The maximum Gasteiger partial charge on any atom is 0.282 e. The molecular weight excluding hydrogens is 414 g/mol. The number of alkyl halides is 2. The Morgan fingerprint density at radius 3 is 2.56 bits per heavy atom. The van der Waals surface area contributed by atoms with Crippen LogP contribution in [0.1, 0.15) is 23.4 Å². The molecule has 0 bridgehead atoms. The summed E-state index contributed by atoms with van der Waals surface area (Å²) in [5.41, 5.74) is 7.44. The summed E-state index contributed by atoms with van der Waals surface area (Å²) in [6, 6.07) is 16.6. The molecule has 2 aromatic carbocycles. The van der Waals surface area contributed by atoms with Gasteiger partial charge in [0.05, 0.1) is 17.3 Å². The van der Waals surface area contributed by atoms with Gasteiger partial charge in [-0.05, 0) is 36.1 Å². The molecule has 0 saturated carbocycles. The van der Waals surface area contributed by atoms with Crippen LogP contribution in [-0.4, -0.2) is 24.3 Å². The van der Waals surface area contributed by atoms with E-state index in [0.29, 0.717) is 16.8 Å². The molecule has 0 amide bonds. The van der Waals surface area contributed by atoms with E-state index in [4.69, 9.17) is 5.73 Å². The summed E-state index contributed by atoms with van der Waals surface area (Å²) >= 11 is 0. The van der Waals surface area contributed by atoms with Crippen molar-refractivity contribution in [2.45, 2.75) is 19.9 Å². The highest BCUT2D eigenvalue weighted by molar-refractivity contribution is 5.88. The van der Waals surface area contributed by atoms with Gasteiger partial charge in [-0.2, -0.15) is 5.10 Å². The summed E-state index contributed by atoms with van der Waals surface area (Å²) in [5, 5.41) is 5.46. The zero-order chi connectivity index (χ0) is 22.4. The lowest BCUT2D eigenvalue weighted by atomic mass is 10.1. The Morgan fingerprint density at radius 2 is 1.81 bits per heavy atom. The minimum absolute atomic E-state index is 0.0211. The van der Waals surface area contributed by atoms with Crippen molar-refractivity contribution < 1.29 is 8.78 Å². The lowest BCUT2D eigenvalue weighted by Gasteiger charge is -2.16. The van der Waals surface area contributed by atoms with Crippen molar-refractivity contribution in [3.63, 3.8) is 0 Å². The summed E-state index contributed by atoms with van der Waals surface area (Å²) in [6.07, 6.45) is -1.64. The Balaban J connectivity index is 1.79. The van der Waals surface area contributed by atoms with Gasteiger partial charge in [-0.15, -0.1) is 0 Å². The number of hydrogen-bond donors (Lipinski definition) is 1. The molecule has 0 radical (unpaired) electrons. The molecule has 0 atom stereocenters. The topological polar surface area (TPSA) is 91.6 Å². The third-order valence-electron chi connectivity index (χ3n) is 5.45. The fourth-order valence-electron chi connectivity index (χ4n) is 4.04. The van der Waals surface area contributed by atoms with Crippen molar-refractivity contribution in [3.05, 3.63) is 88.2 Å². The molecule has 5 aromatic rings. The Kier molecular flexibility index (Phi) is 4.66. The molecule has 32 heavy (non-hydrogen) atoms. The van der Waals surface area contributed by atoms with Gasteiger partial charge in [0.1, 0.15) is 17.8 Å². The average molecular weight is 432 g/mol. The number of fused-ring (bicyclic) bond motifs is 2. The predicted molar refractivity (Wildman–Crippen MR) is 118 cm³/mol. The number of halogens is 2. The van der Waals surface area contributed by atoms with Crippen molar-refractivity contribution >= 4 is 27.6 Å². The summed E-state index contributed by atoms with van der Waals surface area (Å²) in [5.74, 6) is -0.0638. The van der Waals surface area contributed by atoms with Crippen LogP contribution in [0.25, 0.3) is 27.5 Å². The lowest BCUT2D eigenvalue weighted by Crippen LogP contribution is -2.24. The normalized spacial score (nSPS) is 11.6. The van der Waals surface area contributed by atoms with E-state index < -0.39 is 12.1 Å². The Bertz CT molecular complexity index is 1530. The summed E-state index contributed by atoms with van der Waals surface area (Å²) in [7, 11) is 0. The molecule has 0 saturated heterocycles. The first-order valence-electron chi connectivity index (χ1n) is 9.90. The van der Waals surface area contributed by atoms with Gasteiger partial charge in [0, 0.05) is 11.4 Å². The van der Waals surface area contributed by atoms with Gasteiger partial charge in [0.15, 0.2) is 5.65 Å². The van der Waals surface area contributed by atoms with Gasteiger partial charge in [-0.25, -0.2) is 23.4 Å². The Labute approximate surface area is 180 Å². The molecule has 9 heteroatoms. The maximum absolute atomic E-state index is 13.6. The molecule has 0 spiro atoms. The number of para-hydroxylation sites is 1. The van der Waals surface area contributed by atoms with Gasteiger partial charge in [-0.3, -0.25) is 9.36 Å². The third-order valence-corrected chi connectivity index (χ3v) is 5.45. The first-order valence-corrected chi connectivity index (χ1v) is 9.90. The number of pyridine rings is 1. The van der Waals surface area contributed by atoms with Crippen molar-refractivity contribution in [2.75, 3.05) is 5.73 Å². The van der Waals surface area contributed by atoms with E-state index in [2.05, 4.69) is 15.1 Å². The number of aromatic nitrogens is 5. The predicted octanol–water partition coefficient (Wildman–Crippen LogP) is 4.01. The number of nitrogens with zero attached hydrogens (tertiary/aromatic N) is 5. The van der Waals surface area contributed by atoms with Crippen LogP contribution < -0.4 is 11.3 Å². The quantitative estimate of drug-likeness (QED) is 0.463. The largest absolute Gasteiger partial charge is 0.383 e. The van der Waals surface area contributed by atoms with Crippen molar-refractivity contribution in [2.24, 2.45) is 0 Å². The minimum Gasteiger partial charge on any atom is -0.383 e. The summed E-state index contributed by atoms with van der Waals surface area (Å²) < 4.78 is 30.2. The van der Waals surface area contributed by atoms with Gasteiger partial charge in [-0.1, -0.05) is 36.4 Å². The van der Waals surface area contributed by atoms with Gasteiger partial charge < -0.3 is 5.73 Å². The zero-order valence-electron chi connectivity index (χ0n) is 17.0. The molecule has 2 N–H and O–H groups in total. The van der Waals surface area contributed by atoms with Crippen LogP contribution in [0.4, 0.5) is 14.6 Å². The van der Waals surface area contributed by atoms with Crippen LogP contribution >= 0.6 is 0 Å². The number of anilines is 1. The summed E-state index contributed by atoms with van der Waals surface area (Å²) in [4.78, 5) is 21.5. The van der Waals surface area contributed by atoms with Crippen molar-refractivity contribution in [1.29, 1.82) is 0 Å². The lowest BCUT2D eigenvalue weighted by molar-refractivity contribution is 0.146. The van der Waals surface area contributed by atoms with E-state index in [0.717, 1.165) is 10.9 Å². The molecule has 3 heterocycles. The molecule has 7 nitrogen and oxygen atoms in total. The number of rotatable bonds is 4. The molecule has 0 aliphatic carbocycles. The highest BCUT2D eigenvalue weighted by atomic mass is 19.3. The van der Waals surface area contributed by atoms with E-state index in [-0.39, 0.29) is 29.0 Å². The van der Waals surface area contributed by atoms with E-state index in [1.807, 2.05) is 61.5 Å². The van der Waals surface area contributed by atoms with E-state index in [1.54, 1.807) is 4.57 Å². The standard InChI is InChI=1S/C23H18F2N6O/c1-13-6-5-7-14-10-16(31(23(32)17(13)14)15-8-3-2-4-9-15)11-30-22-18(19(29-30)20(24)25)21(26)27-12-28-22/h2-10,12,20H,11H2,1H3,(H2,26,27,28). The number of nitrogen functional groups attached to an aromatic ring is 1.